The van der Waals surface area contributed by atoms with Gasteiger partial charge in [-0.3, -0.25) is 4.98 Å². The molecule has 21 heavy (non-hydrogen) atoms. The molecule has 3 heteroatoms. The third-order valence-electron chi connectivity index (χ3n) is 3.52. The predicted octanol–water partition coefficient (Wildman–Crippen LogP) is 4.29. The molecule has 0 aliphatic heterocycles. The first-order valence-electron chi connectivity index (χ1n) is 6.86. The second kappa shape index (κ2) is 4.87. The lowest BCUT2D eigenvalue weighted by Gasteiger charge is -1.99. The number of rotatable bonds is 2. The van der Waals surface area contributed by atoms with Crippen LogP contribution >= 0.6 is 0 Å². The molecule has 3 aromatic heterocycles. The summed E-state index contributed by atoms with van der Waals surface area (Å²) in [6.07, 6.45) is 3.65. The lowest BCUT2D eigenvalue weighted by atomic mass is 10.1. The normalized spacial score (nSPS) is 10.9. The van der Waals surface area contributed by atoms with E-state index in [-0.39, 0.29) is 0 Å². The van der Waals surface area contributed by atoms with Gasteiger partial charge >= 0.3 is 0 Å². The zero-order valence-electron chi connectivity index (χ0n) is 11.3. The maximum absolute atomic E-state index is 4.51. The quantitative estimate of drug-likeness (QED) is 0.591. The minimum absolute atomic E-state index is 0.897. The van der Waals surface area contributed by atoms with E-state index in [1.807, 2.05) is 42.6 Å². The van der Waals surface area contributed by atoms with Crippen LogP contribution in [-0.2, 0) is 0 Å². The summed E-state index contributed by atoms with van der Waals surface area (Å²) < 4.78 is 0. The van der Waals surface area contributed by atoms with Crippen molar-refractivity contribution >= 4 is 11.0 Å². The molecule has 3 heterocycles. The molecule has 0 radical (unpaired) electrons. The van der Waals surface area contributed by atoms with E-state index in [1.54, 1.807) is 6.20 Å². The molecule has 0 atom stereocenters. The average molecular weight is 271 g/mol. The average Bonchev–Trinajstić information content (AvgIpc) is 2.99. The minimum Gasteiger partial charge on any atom is -0.339 e. The summed E-state index contributed by atoms with van der Waals surface area (Å²) in [7, 11) is 0. The zero-order valence-corrected chi connectivity index (χ0v) is 11.3. The van der Waals surface area contributed by atoms with Crippen LogP contribution in [0.4, 0.5) is 0 Å². The number of aromatic nitrogens is 3. The van der Waals surface area contributed by atoms with Gasteiger partial charge in [0.25, 0.3) is 0 Å². The van der Waals surface area contributed by atoms with Gasteiger partial charge in [-0.15, -0.1) is 0 Å². The summed E-state index contributed by atoms with van der Waals surface area (Å²) in [5, 5.41) is 1.09. The summed E-state index contributed by atoms with van der Waals surface area (Å²) in [4.78, 5) is 12.2. The van der Waals surface area contributed by atoms with Crippen molar-refractivity contribution < 1.29 is 0 Å². The molecule has 4 aromatic rings. The lowest BCUT2D eigenvalue weighted by molar-refractivity contribution is 1.29. The van der Waals surface area contributed by atoms with Gasteiger partial charge < -0.3 is 4.98 Å². The van der Waals surface area contributed by atoms with E-state index in [9.17, 15) is 0 Å². The lowest BCUT2D eigenvalue weighted by Crippen LogP contribution is -1.84. The van der Waals surface area contributed by atoms with Crippen molar-refractivity contribution in [3.63, 3.8) is 0 Å². The SMILES string of the molecule is c1ccc(-c2cc3cc(-c4ccccn4)cnc3[nH]2)cc1. The second-order valence-corrected chi connectivity index (χ2v) is 4.93. The van der Waals surface area contributed by atoms with Crippen LogP contribution in [0.5, 0.6) is 0 Å². The van der Waals surface area contributed by atoms with Crippen LogP contribution in [0.2, 0.25) is 0 Å². The molecule has 0 spiro atoms. The highest BCUT2D eigenvalue weighted by Crippen LogP contribution is 2.26. The molecule has 0 saturated carbocycles. The van der Waals surface area contributed by atoms with Crippen molar-refractivity contribution in [2.75, 3.05) is 0 Å². The minimum atomic E-state index is 0.897. The van der Waals surface area contributed by atoms with Gasteiger partial charge in [-0.05, 0) is 29.8 Å². The highest BCUT2D eigenvalue weighted by atomic mass is 14.9. The Hall–Kier alpha value is -2.94. The molecular formula is C18H13N3. The highest BCUT2D eigenvalue weighted by molar-refractivity contribution is 5.86. The first-order chi connectivity index (χ1) is 10.4. The summed E-state index contributed by atoms with van der Waals surface area (Å²) in [6, 6.07) is 20.4. The highest BCUT2D eigenvalue weighted by Gasteiger charge is 2.06. The Morgan fingerprint density at radius 3 is 2.43 bits per heavy atom. The van der Waals surface area contributed by atoms with Gasteiger partial charge in [0.1, 0.15) is 5.65 Å². The van der Waals surface area contributed by atoms with Crippen LogP contribution in [0.15, 0.2) is 73.1 Å². The Labute approximate surface area is 122 Å². The Morgan fingerprint density at radius 2 is 1.62 bits per heavy atom. The molecular weight excluding hydrogens is 258 g/mol. The number of aromatic amines is 1. The van der Waals surface area contributed by atoms with Crippen molar-refractivity contribution in [2.45, 2.75) is 0 Å². The third kappa shape index (κ3) is 2.19. The van der Waals surface area contributed by atoms with E-state index >= 15 is 0 Å². The van der Waals surface area contributed by atoms with Crippen LogP contribution in [0.1, 0.15) is 0 Å². The van der Waals surface area contributed by atoms with E-state index in [1.165, 1.54) is 0 Å². The summed E-state index contributed by atoms with van der Waals surface area (Å²) in [5.74, 6) is 0. The number of hydrogen-bond donors (Lipinski definition) is 1. The van der Waals surface area contributed by atoms with Crippen molar-refractivity contribution in [1.82, 2.24) is 15.0 Å². The van der Waals surface area contributed by atoms with Gasteiger partial charge in [-0.25, -0.2) is 4.98 Å². The summed E-state index contributed by atoms with van der Waals surface area (Å²) in [5.41, 5.74) is 5.11. The van der Waals surface area contributed by atoms with E-state index in [2.05, 4.69) is 39.2 Å². The number of nitrogens with one attached hydrogen (secondary N) is 1. The van der Waals surface area contributed by atoms with Crippen LogP contribution < -0.4 is 0 Å². The van der Waals surface area contributed by atoms with Crippen LogP contribution in [0.25, 0.3) is 33.5 Å². The van der Waals surface area contributed by atoms with E-state index < -0.39 is 0 Å². The third-order valence-corrected chi connectivity index (χ3v) is 3.52. The Kier molecular flexibility index (Phi) is 2.75. The fourth-order valence-corrected chi connectivity index (χ4v) is 2.46. The number of H-pyrrole nitrogens is 1. The van der Waals surface area contributed by atoms with Gasteiger partial charge in [0.15, 0.2) is 0 Å². The molecule has 0 unspecified atom stereocenters. The van der Waals surface area contributed by atoms with E-state index in [4.69, 9.17) is 0 Å². The largest absolute Gasteiger partial charge is 0.339 e. The van der Waals surface area contributed by atoms with Crippen molar-refractivity contribution in [1.29, 1.82) is 0 Å². The number of nitrogens with zero attached hydrogens (tertiary/aromatic N) is 2. The molecule has 0 fully saturated rings. The molecule has 0 saturated heterocycles. The van der Waals surface area contributed by atoms with Gasteiger partial charge in [0.2, 0.25) is 0 Å². The van der Waals surface area contributed by atoms with Gasteiger partial charge in [0.05, 0.1) is 5.69 Å². The first kappa shape index (κ1) is 11.9. The molecule has 0 aliphatic rings. The van der Waals surface area contributed by atoms with Crippen molar-refractivity contribution in [3.05, 3.63) is 73.1 Å². The molecule has 1 N–H and O–H groups in total. The van der Waals surface area contributed by atoms with Crippen LogP contribution in [0, 0.1) is 0 Å². The van der Waals surface area contributed by atoms with E-state index in [0.29, 0.717) is 0 Å². The Bertz CT molecular complexity index is 843. The number of hydrogen-bond acceptors (Lipinski definition) is 2. The topological polar surface area (TPSA) is 41.6 Å². The molecule has 3 nitrogen and oxygen atoms in total. The number of fused-ring (bicyclic) bond motifs is 1. The Balaban J connectivity index is 1.82. The Morgan fingerprint density at radius 1 is 0.762 bits per heavy atom. The summed E-state index contributed by atoms with van der Waals surface area (Å²) in [6.45, 7) is 0. The molecule has 0 aliphatic carbocycles. The van der Waals surface area contributed by atoms with Crippen LogP contribution in [-0.4, -0.2) is 15.0 Å². The fraction of sp³-hybridized carbons (Fsp3) is 0. The molecule has 1 aromatic carbocycles. The second-order valence-electron chi connectivity index (χ2n) is 4.93. The fourth-order valence-electron chi connectivity index (χ4n) is 2.46. The molecule has 100 valence electrons. The smallest absolute Gasteiger partial charge is 0.137 e. The predicted molar refractivity (Wildman–Crippen MR) is 84.8 cm³/mol. The van der Waals surface area contributed by atoms with Gasteiger partial charge in [-0.2, -0.15) is 0 Å². The first-order valence-corrected chi connectivity index (χ1v) is 6.86. The van der Waals surface area contributed by atoms with Gasteiger partial charge in [-0.1, -0.05) is 36.4 Å². The monoisotopic (exact) mass is 271 g/mol. The molecule has 0 amide bonds. The summed E-state index contributed by atoms with van der Waals surface area (Å²) >= 11 is 0. The van der Waals surface area contributed by atoms with Crippen molar-refractivity contribution in [3.8, 4) is 22.5 Å². The zero-order chi connectivity index (χ0) is 14.1. The van der Waals surface area contributed by atoms with Crippen LogP contribution in [0.3, 0.4) is 0 Å². The number of pyridine rings is 2. The van der Waals surface area contributed by atoms with Crippen molar-refractivity contribution in [2.24, 2.45) is 0 Å². The standard InChI is InChI=1S/C18H13N3/c1-2-6-13(7-3-1)17-11-14-10-15(12-20-18(14)21-17)16-8-4-5-9-19-16/h1-12H,(H,20,21). The number of benzene rings is 1. The van der Waals surface area contributed by atoms with Gasteiger partial charge in [0, 0.05) is 29.0 Å². The maximum atomic E-state index is 4.51. The van der Waals surface area contributed by atoms with E-state index in [0.717, 1.165) is 33.5 Å². The molecule has 0 bridgehead atoms. The molecule has 4 rings (SSSR count). The maximum Gasteiger partial charge on any atom is 0.137 e.